The summed E-state index contributed by atoms with van der Waals surface area (Å²) in [5.74, 6) is -1.49. The van der Waals surface area contributed by atoms with Crippen LogP contribution >= 0.6 is 0 Å². The van der Waals surface area contributed by atoms with E-state index in [1.165, 1.54) is 36.5 Å². The number of allylic oxidation sites excluding steroid dienone is 1. The minimum atomic E-state index is -3.17. The van der Waals surface area contributed by atoms with E-state index in [1.807, 2.05) is 6.07 Å². The third-order valence-electron chi connectivity index (χ3n) is 4.73. The Morgan fingerprint density at radius 2 is 2.24 bits per heavy atom. The van der Waals surface area contributed by atoms with Gasteiger partial charge in [0.05, 0.1) is 28.8 Å². The minimum absolute atomic E-state index is 0.0169. The largest absolute Gasteiger partial charge is 0.494 e. The van der Waals surface area contributed by atoms with E-state index in [4.69, 9.17) is 14.3 Å². The Balaban J connectivity index is 2.22. The first-order valence-corrected chi connectivity index (χ1v) is 9.96. The molecular weight excluding hydrogens is 419 g/mol. The second-order valence-corrected chi connectivity index (χ2v) is 7.57. The van der Waals surface area contributed by atoms with Crippen LogP contribution in [0.1, 0.15) is 33.1 Å². The lowest BCUT2D eigenvalue weighted by Gasteiger charge is -2.15. The summed E-state index contributed by atoms with van der Waals surface area (Å²) in [7, 11) is 3.35. The van der Waals surface area contributed by atoms with Crippen molar-refractivity contribution in [3.63, 3.8) is 0 Å². The molecule has 3 aromatic rings. The smallest absolute Gasteiger partial charge is 0.159 e. The lowest BCUT2D eigenvalue weighted by Crippen LogP contribution is -2.11. The maximum Gasteiger partial charge on any atom is 0.159 e. The number of nitriles is 1. The summed E-state index contributed by atoms with van der Waals surface area (Å²) in [5, 5.41) is 13.1. The summed E-state index contributed by atoms with van der Waals surface area (Å²) in [6, 6.07) is 8.13. The molecule has 0 saturated carbocycles. The summed E-state index contributed by atoms with van der Waals surface area (Å²) in [5.41, 5.74) is 1.38. The fourth-order valence-corrected chi connectivity index (χ4v) is 3.15. The van der Waals surface area contributed by atoms with Crippen LogP contribution in [0.5, 0.6) is 5.75 Å². The third-order valence-corrected chi connectivity index (χ3v) is 4.73. The number of nitrogens with zero attached hydrogens (tertiary/aromatic N) is 3. The number of halogens is 1. The molecule has 3 rings (SSSR count). The molecule has 2 aromatic carbocycles. The Morgan fingerprint density at radius 3 is 2.94 bits per heavy atom. The number of hydrogen-bond acceptors (Lipinski definition) is 6. The van der Waals surface area contributed by atoms with Crippen LogP contribution in [0.4, 0.5) is 15.8 Å². The summed E-state index contributed by atoms with van der Waals surface area (Å²) >= 11 is 0. The number of aryl methyl sites for hydroxylation is 1. The number of ketones is 1. The molecule has 0 radical (unpaired) electrons. The third kappa shape index (κ3) is 5.93. The highest BCUT2D eigenvalue weighted by Crippen LogP contribution is 2.34. The van der Waals surface area contributed by atoms with E-state index in [9.17, 15) is 14.4 Å². The van der Waals surface area contributed by atoms with Crippen molar-refractivity contribution in [1.82, 2.24) is 9.88 Å². The number of carbonyl (C=O) groups is 1. The topological polar surface area (TPSA) is 78.3 Å². The number of nitrogens with one attached hydrogen (secondary N) is 1. The van der Waals surface area contributed by atoms with Gasteiger partial charge in [-0.2, -0.15) is 5.26 Å². The highest BCUT2D eigenvalue weighted by atomic mass is 19.1. The minimum Gasteiger partial charge on any atom is -0.494 e. The Hall–Kier alpha value is -3.76. The zero-order valence-electron chi connectivity index (χ0n) is 25.4. The van der Waals surface area contributed by atoms with Crippen LogP contribution in [0, 0.1) is 24.1 Å². The predicted molar refractivity (Wildman–Crippen MR) is 128 cm³/mol. The molecule has 0 saturated heterocycles. The van der Waals surface area contributed by atoms with Crippen molar-refractivity contribution >= 4 is 28.1 Å². The van der Waals surface area contributed by atoms with Gasteiger partial charge in [0.15, 0.2) is 5.78 Å². The second kappa shape index (κ2) is 10.7. The number of ether oxygens (including phenoxy) is 1. The molecule has 6 nitrogen and oxygen atoms in total. The van der Waals surface area contributed by atoms with Crippen LogP contribution < -0.4 is 10.1 Å². The molecule has 7 heteroatoms. The van der Waals surface area contributed by atoms with E-state index in [-0.39, 0.29) is 40.7 Å². The fraction of sp³-hybridized carbons (Fsp3) is 0.269. The van der Waals surface area contributed by atoms with Crippen molar-refractivity contribution in [2.45, 2.75) is 20.2 Å². The first-order chi connectivity index (χ1) is 18.5. The summed E-state index contributed by atoms with van der Waals surface area (Å²) in [6.07, 6.45) is 0.731. The molecule has 0 spiro atoms. The zero-order chi connectivity index (χ0) is 30.0. The van der Waals surface area contributed by atoms with Crippen LogP contribution in [-0.4, -0.2) is 42.9 Å². The highest BCUT2D eigenvalue weighted by Gasteiger charge is 2.16. The maximum atomic E-state index is 13.8. The highest BCUT2D eigenvalue weighted by molar-refractivity contribution is 5.98. The number of hydrogen-bond donors (Lipinski definition) is 1. The first-order valence-electron chi connectivity index (χ1n) is 13.5. The monoisotopic (exact) mass is 453 g/mol. The van der Waals surface area contributed by atoms with E-state index >= 15 is 0 Å². The van der Waals surface area contributed by atoms with Gasteiger partial charge >= 0.3 is 0 Å². The van der Waals surface area contributed by atoms with Gasteiger partial charge in [-0.1, -0.05) is 6.05 Å². The lowest BCUT2D eigenvalue weighted by molar-refractivity contribution is -0.114. The van der Waals surface area contributed by atoms with Gasteiger partial charge in [-0.15, -0.1) is 0 Å². The number of rotatable bonds is 9. The number of fused-ring (bicyclic) bond motifs is 1. The van der Waals surface area contributed by atoms with Crippen LogP contribution in [0.15, 0.2) is 48.6 Å². The van der Waals surface area contributed by atoms with Crippen molar-refractivity contribution in [1.29, 1.82) is 5.26 Å². The van der Waals surface area contributed by atoms with Gasteiger partial charge in [0.25, 0.3) is 0 Å². The molecule has 0 aliphatic rings. The van der Waals surface area contributed by atoms with Crippen molar-refractivity contribution in [3.8, 4) is 11.8 Å². The molecule has 170 valence electrons. The van der Waals surface area contributed by atoms with Gasteiger partial charge in [0, 0.05) is 46.0 Å². The zero-order valence-corrected chi connectivity index (χ0v) is 18.4. The molecule has 0 fully saturated rings. The molecule has 1 N–H and O–H groups in total. The standard InChI is InChI=1S/C26H27FN4O2/c1-5-33-25-14-24-22(13-18(25)12-21(32)7-6-10-31(3)4)26(19(15-28)16-29-24)30-20-8-9-23(27)17(2)11-20/h6-9,11,13-14,16H,5,10,12H2,1-4H3,(H,29,30)/b7-6+/i1D3,5D2,6D,7D. The summed E-state index contributed by atoms with van der Waals surface area (Å²) < 4.78 is 73.7. The van der Waals surface area contributed by atoms with E-state index in [0.717, 1.165) is 0 Å². The molecule has 0 aliphatic carbocycles. The normalized spacial score (nSPS) is 15.7. The first kappa shape index (κ1) is 15.9. The van der Waals surface area contributed by atoms with Gasteiger partial charge in [0.1, 0.15) is 17.6 Å². The van der Waals surface area contributed by atoms with Gasteiger partial charge in [0.2, 0.25) is 0 Å². The summed E-state index contributed by atoms with van der Waals surface area (Å²) in [4.78, 5) is 18.8. The van der Waals surface area contributed by atoms with Crippen molar-refractivity contribution in [2.75, 3.05) is 32.5 Å². The van der Waals surface area contributed by atoms with E-state index in [1.54, 1.807) is 25.9 Å². The molecule has 1 aromatic heterocycles. The number of pyridine rings is 1. The summed E-state index contributed by atoms with van der Waals surface area (Å²) in [6.45, 7) is -4.70. The Labute approximate surface area is 203 Å². The van der Waals surface area contributed by atoms with Gasteiger partial charge in [-0.05, 0) is 63.8 Å². The van der Waals surface area contributed by atoms with Crippen molar-refractivity contribution in [2.24, 2.45) is 0 Å². The molecule has 0 atom stereocenters. The quantitative estimate of drug-likeness (QED) is 0.463. The molecule has 0 amide bonds. The van der Waals surface area contributed by atoms with Crippen LogP contribution in [0.3, 0.4) is 0 Å². The van der Waals surface area contributed by atoms with E-state index in [2.05, 4.69) is 10.3 Å². The molecule has 0 bridgehead atoms. The van der Waals surface area contributed by atoms with E-state index < -0.39 is 37.5 Å². The number of benzene rings is 2. The Bertz CT molecular complexity index is 1530. The molecular formula is C26H27FN4O2. The molecule has 0 aliphatic heterocycles. The molecule has 0 unspecified atom stereocenters. The molecule has 33 heavy (non-hydrogen) atoms. The maximum absolute atomic E-state index is 13.8. The number of anilines is 2. The van der Waals surface area contributed by atoms with Crippen LogP contribution in [0.2, 0.25) is 0 Å². The Morgan fingerprint density at radius 1 is 1.42 bits per heavy atom. The van der Waals surface area contributed by atoms with Gasteiger partial charge in [-0.3, -0.25) is 9.78 Å². The lowest BCUT2D eigenvalue weighted by atomic mass is 10.0. The SMILES string of the molecule is [2H]/C(CN(C)C)=C(/[2H])C(=O)Cc1cc2c(Nc3ccc(F)c(C)c3)c(C#N)cnc2cc1OC([2H])([2H])C([2H])([2H])[2H]. The van der Waals surface area contributed by atoms with Crippen LogP contribution in [-0.2, 0) is 11.2 Å². The number of likely N-dealkylation sites (N-methyl/N-ethyl adjacent to an activating group) is 1. The van der Waals surface area contributed by atoms with Crippen LogP contribution in [0.25, 0.3) is 10.9 Å². The van der Waals surface area contributed by atoms with E-state index in [0.29, 0.717) is 16.6 Å². The predicted octanol–water partition coefficient (Wildman–Crippen LogP) is 4.93. The van der Waals surface area contributed by atoms with Crippen molar-refractivity contribution in [3.05, 3.63) is 71.1 Å². The number of aromatic nitrogens is 1. The Kier molecular flexibility index (Phi) is 5.17. The van der Waals surface area contributed by atoms with Gasteiger partial charge in [-0.25, -0.2) is 4.39 Å². The van der Waals surface area contributed by atoms with Gasteiger partial charge < -0.3 is 15.0 Å². The second-order valence-electron chi connectivity index (χ2n) is 7.57. The fourth-order valence-electron chi connectivity index (χ4n) is 3.15. The number of carbonyl (C=O) groups excluding carboxylic acids is 1. The average molecular weight is 454 g/mol. The van der Waals surface area contributed by atoms with Crippen molar-refractivity contribution < 1.29 is 23.5 Å². The molecule has 1 heterocycles. The average Bonchev–Trinajstić information content (AvgIpc) is 2.85.